The van der Waals surface area contributed by atoms with Crippen LogP contribution in [0, 0.1) is 0 Å². The van der Waals surface area contributed by atoms with E-state index in [0.29, 0.717) is 18.8 Å². The van der Waals surface area contributed by atoms with E-state index in [2.05, 4.69) is 20.9 Å². The number of fused-ring (bicyclic) bond motifs is 1. The maximum absolute atomic E-state index is 12.4. The summed E-state index contributed by atoms with van der Waals surface area (Å²) in [6.07, 6.45) is 5.09. The van der Waals surface area contributed by atoms with Crippen LogP contribution in [-0.2, 0) is 6.54 Å². The zero-order chi connectivity index (χ0) is 17.8. The second kappa shape index (κ2) is 7.49. The molecule has 1 aromatic carbocycles. The fourth-order valence-corrected chi connectivity index (χ4v) is 3.11. The minimum absolute atomic E-state index is 0.304. The summed E-state index contributed by atoms with van der Waals surface area (Å²) in [5.74, 6) is 0.527. The normalized spacial score (nSPS) is 15.2. The number of ether oxygens (including phenoxy) is 1. The third-order valence-corrected chi connectivity index (χ3v) is 4.54. The molecule has 0 aliphatic carbocycles. The van der Waals surface area contributed by atoms with E-state index in [1.54, 1.807) is 29.4 Å². The van der Waals surface area contributed by atoms with Crippen LogP contribution in [0.1, 0.15) is 5.56 Å². The molecule has 0 unspecified atom stereocenters. The van der Waals surface area contributed by atoms with Crippen molar-refractivity contribution in [2.75, 3.05) is 26.2 Å². The number of benzene rings is 1. The highest BCUT2D eigenvalue weighted by atomic mass is 16.6. The quantitative estimate of drug-likeness (QED) is 0.728. The molecule has 1 aliphatic rings. The van der Waals surface area contributed by atoms with Gasteiger partial charge >= 0.3 is 6.09 Å². The highest BCUT2D eigenvalue weighted by Gasteiger charge is 2.22. The smallest absolute Gasteiger partial charge is 0.410 e. The second-order valence-electron chi connectivity index (χ2n) is 6.35. The number of nitrogens with zero attached hydrogens (tertiary/aromatic N) is 4. The Kier molecular flexibility index (Phi) is 4.75. The van der Waals surface area contributed by atoms with E-state index in [1.807, 2.05) is 30.5 Å². The molecular weight excluding hydrogens is 328 g/mol. The number of pyridine rings is 2. The summed E-state index contributed by atoms with van der Waals surface area (Å²) in [6.45, 7) is 3.81. The Morgan fingerprint density at radius 2 is 1.88 bits per heavy atom. The van der Waals surface area contributed by atoms with Crippen molar-refractivity contribution < 1.29 is 9.53 Å². The summed E-state index contributed by atoms with van der Waals surface area (Å²) in [7, 11) is 0. The van der Waals surface area contributed by atoms with Crippen molar-refractivity contribution in [3.63, 3.8) is 0 Å². The number of carbonyl (C=O) groups is 1. The second-order valence-corrected chi connectivity index (χ2v) is 6.35. The molecular formula is C20H20N4O2. The fourth-order valence-electron chi connectivity index (χ4n) is 3.11. The van der Waals surface area contributed by atoms with Gasteiger partial charge in [-0.15, -0.1) is 0 Å². The zero-order valence-corrected chi connectivity index (χ0v) is 14.4. The van der Waals surface area contributed by atoms with E-state index < -0.39 is 0 Å². The van der Waals surface area contributed by atoms with Crippen molar-refractivity contribution in [1.29, 1.82) is 0 Å². The zero-order valence-electron chi connectivity index (χ0n) is 14.4. The molecule has 6 heteroatoms. The van der Waals surface area contributed by atoms with Gasteiger partial charge in [0, 0.05) is 62.8 Å². The molecule has 0 radical (unpaired) electrons. The van der Waals surface area contributed by atoms with E-state index in [9.17, 15) is 4.79 Å². The molecule has 0 N–H and O–H groups in total. The molecule has 3 heterocycles. The molecule has 3 aromatic rings. The van der Waals surface area contributed by atoms with Crippen LogP contribution < -0.4 is 4.74 Å². The van der Waals surface area contributed by atoms with Crippen molar-refractivity contribution in [3.05, 3.63) is 66.6 Å². The summed E-state index contributed by atoms with van der Waals surface area (Å²) >= 11 is 0. The van der Waals surface area contributed by atoms with Gasteiger partial charge in [-0.3, -0.25) is 14.9 Å². The Hall–Kier alpha value is -2.99. The van der Waals surface area contributed by atoms with Gasteiger partial charge in [0.1, 0.15) is 5.75 Å². The van der Waals surface area contributed by atoms with Gasteiger partial charge in [-0.2, -0.15) is 0 Å². The molecule has 2 aromatic heterocycles. The van der Waals surface area contributed by atoms with E-state index in [0.717, 1.165) is 30.5 Å². The standard InChI is InChI=1S/C20H20N4O2/c25-20(26-18-6-5-17-4-2-8-22-19(17)13-18)24-11-9-23(10-12-24)15-16-3-1-7-21-14-16/h1-8,13-14H,9-12,15H2. The number of rotatable bonds is 3. The monoisotopic (exact) mass is 348 g/mol. The van der Waals surface area contributed by atoms with Crippen LogP contribution >= 0.6 is 0 Å². The van der Waals surface area contributed by atoms with Crippen LogP contribution in [0.2, 0.25) is 0 Å². The molecule has 0 bridgehead atoms. The molecule has 6 nitrogen and oxygen atoms in total. The fraction of sp³-hybridized carbons (Fsp3) is 0.250. The summed E-state index contributed by atoms with van der Waals surface area (Å²) < 4.78 is 5.53. The summed E-state index contributed by atoms with van der Waals surface area (Å²) in [5, 5.41) is 1.02. The lowest BCUT2D eigenvalue weighted by Crippen LogP contribution is -2.49. The summed E-state index contributed by atoms with van der Waals surface area (Å²) in [5.41, 5.74) is 2.01. The van der Waals surface area contributed by atoms with Gasteiger partial charge in [0.2, 0.25) is 0 Å². The Balaban J connectivity index is 1.33. The number of piperazine rings is 1. The number of hydrogen-bond acceptors (Lipinski definition) is 5. The number of hydrogen-bond donors (Lipinski definition) is 0. The van der Waals surface area contributed by atoms with Crippen molar-refractivity contribution in [2.45, 2.75) is 6.54 Å². The highest BCUT2D eigenvalue weighted by Crippen LogP contribution is 2.20. The third kappa shape index (κ3) is 3.81. The van der Waals surface area contributed by atoms with Crippen molar-refractivity contribution in [1.82, 2.24) is 19.8 Å². The van der Waals surface area contributed by atoms with Crippen molar-refractivity contribution >= 4 is 17.0 Å². The Bertz CT molecular complexity index is 892. The molecule has 1 amide bonds. The lowest BCUT2D eigenvalue weighted by atomic mass is 10.2. The Labute approximate surface area is 152 Å². The molecule has 1 aliphatic heterocycles. The summed E-state index contributed by atoms with van der Waals surface area (Å²) in [4.78, 5) is 24.9. The molecule has 0 atom stereocenters. The van der Waals surface area contributed by atoms with Crippen molar-refractivity contribution in [2.24, 2.45) is 0 Å². The van der Waals surface area contributed by atoms with E-state index in [1.165, 1.54) is 5.56 Å². The van der Waals surface area contributed by atoms with Crippen LogP contribution in [0.15, 0.2) is 61.1 Å². The molecule has 26 heavy (non-hydrogen) atoms. The molecule has 4 rings (SSSR count). The van der Waals surface area contributed by atoms with Crippen LogP contribution in [0.5, 0.6) is 5.75 Å². The third-order valence-electron chi connectivity index (χ3n) is 4.54. The topological polar surface area (TPSA) is 58.6 Å². The van der Waals surface area contributed by atoms with Gasteiger partial charge in [0.15, 0.2) is 0 Å². The minimum Gasteiger partial charge on any atom is -0.410 e. The lowest BCUT2D eigenvalue weighted by molar-refractivity contribution is 0.108. The molecule has 132 valence electrons. The number of carbonyl (C=O) groups excluding carboxylic acids is 1. The van der Waals surface area contributed by atoms with Gasteiger partial charge in [-0.05, 0) is 29.8 Å². The van der Waals surface area contributed by atoms with E-state index >= 15 is 0 Å². The van der Waals surface area contributed by atoms with Crippen LogP contribution in [0.3, 0.4) is 0 Å². The highest BCUT2D eigenvalue weighted by molar-refractivity contribution is 5.81. The van der Waals surface area contributed by atoms with Gasteiger partial charge < -0.3 is 9.64 Å². The maximum atomic E-state index is 12.4. The molecule has 0 saturated carbocycles. The minimum atomic E-state index is -0.304. The number of aromatic nitrogens is 2. The first-order valence-electron chi connectivity index (χ1n) is 8.71. The maximum Gasteiger partial charge on any atom is 0.415 e. The Morgan fingerprint density at radius 3 is 2.69 bits per heavy atom. The predicted octanol–water partition coefficient (Wildman–Crippen LogP) is 2.95. The predicted molar refractivity (Wildman–Crippen MR) is 98.9 cm³/mol. The average molecular weight is 348 g/mol. The first-order chi connectivity index (χ1) is 12.8. The first kappa shape index (κ1) is 16.5. The first-order valence-corrected chi connectivity index (χ1v) is 8.71. The van der Waals surface area contributed by atoms with Crippen LogP contribution in [0.25, 0.3) is 10.9 Å². The average Bonchev–Trinajstić information content (AvgIpc) is 2.69. The SMILES string of the molecule is O=C(Oc1ccc2cccnc2c1)N1CCN(Cc2cccnc2)CC1. The van der Waals surface area contributed by atoms with Crippen LogP contribution in [-0.4, -0.2) is 52.0 Å². The lowest BCUT2D eigenvalue weighted by Gasteiger charge is -2.33. The molecule has 0 spiro atoms. The van der Waals surface area contributed by atoms with Crippen LogP contribution in [0.4, 0.5) is 4.79 Å². The molecule has 1 fully saturated rings. The van der Waals surface area contributed by atoms with Gasteiger partial charge in [-0.25, -0.2) is 4.79 Å². The summed E-state index contributed by atoms with van der Waals surface area (Å²) in [6, 6.07) is 13.4. The van der Waals surface area contributed by atoms with Gasteiger partial charge in [-0.1, -0.05) is 12.1 Å². The van der Waals surface area contributed by atoms with Gasteiger partial charge in [0.05, 0.1) is 5.52 Å². The van der Waals surface area contributed by atoms with Crippen molar-refractivity contribution in [3.8, 4) is 5.75 Å². The van der Waals surface area contributed by atoms with E-state index in [-0.39, 0.29) is 6.09 Å². The Morgan fingerprint density at radius 1 is 1.04 bits per heavy atom. The van der Waals surface area contributed by atoms with E-state index in [4.69, 9.17) is 4.74 Å². The van der Waals surface area contributed by atoms with Gasteiger partial charge in [0.25, 0.3) is 0 Å². The molecule has 1 saturated heterocycles. The number of amides is 1. The largest absolute Gasteiger partial charge is 0.415 e.